The third kappa shape index (κ3) is 1.90. The Hall–Kier alpha value is -1.43. The van der Waals surface area contributed by atoms with Crippen LogP contribution in [0.25, 0.3) is 0 Å². The number of carboxylic acid groups (broad SMARTS) is 1. The largest absolute Gasteiger partial charge is 0.475 e. The van der Waals surface area contributed by atoms with Gasteiger partial charge in [-0.25, -0.2) is 14.5 Å². The van der Waals surface area contributed by atoms with E-state index in [-0.39, 0.29) is 11.9 Å². The Kier molecular flexibility index (Phi) is 2.45. The highest BCUT2D eigenvalue weighted by Crippen LogP contribution is 2.13. The molecule has 76 valence electrons. The highest BCUT2D eigenvalue weighted by molar-refractivity contribution is 5.82. The van der Waals surface area contributed by atoms with Crippen LogP contribution in [0.2, 0.25) is 0 Å². The van der Waals surface area contributed by atoms with Crippen molar-refractivity contribution in [2.75, 3.05) is 6.61 Å². The Balaban J connectivity index is 1.98. The molecule has 0 amide bonds. The predicted molar refractivity (Wildman–Crippen MR) is 46.0 cm³/mol. The summed E-state index contributed by atoms with van der Waals surface area (Å²) in [5.41, 5.74) is 0. The van der Waals surface area contributed by atoms with Crippen LogP contribution in [-0.2, 0) is 11.3 Å². The van der Waals surface area contributed by atoms with Crippen LogP contribution in [0.3, 0.4) is 0 Å². The maximum atomic E-state index is 10.5. The summed E-state index contributed by atoms with van der Waals surface area (Å²) in [5.74, 6) is -1.26. The lowest BCUT2D eigenvalue weighted by atomic mass is 10.2. The smallest absolute Gasteiger partial charge is 0.375 e. The van der Waals surface area contributed by atoms with Gasteiger partial charge in [0.1, 0.15) is 6.33 Å². The number of ether oxygens (including phenoxy) is 1. The molecule has 0 saturated carbocycles. The number of hydrogen-bond donors (Lipinski definition) is 1. The number of aromatic nitrogens is 3. The fourth-order valence-electron chi connectivity index (χ4n) is 1.48. The molecule has 1 fully saturated rings. The van der Waals surface area contributed by atoms with Crippen molar-refractivity contribution in [2.24, 2.45) is 0 Å². The van der Waals surface area contributed by atoms with Crippen molar-refractivity contribution in [3.05, 3.63) is 12.2 Å². The van der Waals surface area contributed by atoms with Gasteiger partial charge in [-0.05, 0) is 12.8 Å². The van der Waals surface area contributed by atoms with E-state index in [0.717, 1.165) is 19.4 Å². The van der Waals surface area contributed by atoms with Gasteiger partial charge >= 0.3 is 5.97 Å². The van der Waals surface area contributed by atoms with E-state index in [1.165, 1.54) is 11.0 Å². The minimum atomic E-state index is -1.10. The van der Waals surface area contributed by atoms with Crippen LogP contribution < -0.4 is 0 Å². The van der Waals surface area contributed by atoms with E-state index < -0.39 is 5.97 Å². The molecule has 0 spiro atoms. The Bertz CT molecular complexity index is 330. The second kappa shape index (κ2) is 3.75. The topological polar surface area (TPSA) is 77.2 Å². The van der Waals surface area contributed by atoms with Gasteiger partial charge in [0.25, 0.3) is 5.82 Å². The standard InChI is InChI=1S/C8H11N3O3/c12-8(13)7-9-5-11(10-7)4-6-2-1-3-14-6/h5-6H,1-4H2,(H,12,13). The number of carboxylic acids is 1. The number of hydrogen-bond acceptors (Lipinski definition) is 4. The van der Waals surface area contributed by atoms with Gasteiger partial charge in [0.2, 0.25) is 0 Å². The first-order valence-electron chi connectivity index (χ1n) is 4.50. The molecule has 1 atom stereocenters. The predicted octanol–water partition coefficient (Wildman–Crippen LogP) is 0.155. The van der Waals surface area contributed by atoms with E-state index in [0.29, 0.717) is 6.54 Å². The molecule has 2 heterocycles. The van der Waals surface area contributed by atoms with Crippen molar-refractivity contribution in [3.63, 3.8) is 0 Å². The molecule has 1 saturated heterocycles. The normalized spacial score (nSPS) is 21.3. The average Bonchev–Trinajstić information content (AvgIpc) is 2.75. The summed E-state index contributed by atoms with van der Waals surface area (Å²) in [5, 5.41) is 12.4. The van der Waals surface area contributed by atoms with E-state index in [1.807, 2.05) is 0 Å². The Morgan fingerprint density at radius 2 is 2.64 bits per heavy atom. The molecule has 0 aliphatic carbocycles. The molecule has 1 unspecified atom stereocenters. The summed E-state index contributed by atoms with van der Waals surface area (Å²) >= 11 is 0. The zero-order valence-electron chi connectivity index (χ0n) is 7.59. The minimum absolute atomic E-state index is 0.151. The summed E-state index contributed by atoms with van der Waals surface area (Å²) in [6.45, 7) is 1.37. The number of carbonyl (C=O) groups is 1. The van der Waals surface area contributed by atoms with Gasteiger partial charge in [0.05, 0.1) is 12.6 Å². The maximum absolute atomic E-state index is 10.5. The van der Waals surface area contributed by atoms with Crippen LogP contribution >= 0.6 is 0 Å². The third-order valence-corrected chi connectivity index (χ3v) is 2.14. The molecule has 1 aliphatic heterocycles. The number of nitrogens with zero attached hydrogens (tertiary/aromatic N) is 3. The third-order valence-electron chi connectivity index (χ3n) is 2.14. The second-order valence-corrected chi connectivity index (χ2v) is 3.23. The van der Waals surface area contributed by atoms with Crippen molar-refractivity contribution in [1.29, 1.82) is 0 Å². The molecule has 6 nitrogen and oxygen atoms in total. The molecule has 6 heteroatoms. The van der Waals surface area contributed by atoms with E-state index in [4.69, 9.17) is 9.84 Å². The van der Waals surface area contributed by atoms with Crippen molar-refractivity contribution >= 4 is 5.97 Å². The maximum Gasteiger partial charge on any atom is 0.375 e. The van der Waals surface area contributed by atoms with E-state index in [2.05, 4.69) is 10.1 Å². The number of aromatic carboxylic acids is 1. The highest BCUT2D eigenvalue weighted by Gasteiger charge is 2.17. The van der Waals surface area contributed by atoms with Crippen molar-refractivity contribution in [1.82, 2.24) is 14.8 Å². The molecule has 0 bridgehead atoms. The summed E-state index contributed by atoms with van der Waals surface area (Å²) in [7, 11) is 0. The molecule has 0 radical (unpaired) electrons. The molecule has 2 rings (SSSR count). The van der Waals surface area contributed by atoms with Gasteiger partial charge < -0.3 is 9.84 Å². The lowest BCUT2D eigenvalue weighted by Gasteiger charge is -2.07. The highest BCUT2D eigenvalue weighted by atomic mass is 16.5. The van der Waals surface area contributed by atoms with Crippen molar-refractivity contribution < 1.29 is 14.6 Å². The molecule has 14 heavy (non-hydrogen) atoms. The van der Waals surface area contributed by atoms with E-state index in [9.17, 15) is 4.79 Å². The van der Waals surface area contributed by atoms with Gasteiger partial charge in [0, 0.05) is 6.61 Å². The molecule has 1 aromatic heterocycles. The summed E-state index contributed by atoms with van der Waals surface area (Å²) < 4.78 is 6.90. The monoisotopic (exact) mass is 197 g/mol. The molecule has 1 aromatic rings. The lowest BCUT2D eigenvalue weighted by molar-refractivity contribution is 0.0680. The zero-order chi connectivity index (χ0) is 9.97. The van der Waals surface area contributed by atoms with Crippen LogP contribution in [-0.4, -0.2) is 38.6 Å². The second-order valence-electron chi connectivity index (χ2n) is 3.23. The van der Waals surface area contributed by atoms with E-state index in [1.54, 1.807) is 0 Å². The van der Waals surface area contributed by atoms with Crippen LogP contribution in [0.5, 0.6) is 0 Å². The first kappa shape index (κ1) is 9.14. The Morgan fingerprint density at radius 3 is 3.21 bits per heavy atom. The molecule has 1 N–H and O–H groups in total. The number of rotatable bonds is 3. The van der Waals surface area contributed by atoms with Gasteiger partial charge in [0.15, 0.2) is 0 Å². The van der Waals surface area contributed by atoms with E-state index >= 15 is 0 Å². The Morgan fingerprint density at radius 1 is 1.79 bits per heavy atom. The van der Waals surface area contributed by atoms with Crippen molar-refractivity contribution in [2.45, 2.75) is 25.5 Å². The fraction of sp³-hybridized carbons (Fsp3) is 0.625. The first-order chi connectivity index (χ1) is 6.75. The summed E-state index contributed by atoms with van der Waals surface area (Å²) in [6, 6.07) is 0. The molecular weight excluding hydrogens is 186 g/mol. The van der Waals surface area contributed by atoms with Crippen LogP contribution in [0, 0.1) is 0 Å². The minimum Gasteiger partial charge on any atom is -0.475 e. The molecular formula is C8H11N3O3. The molecule has 1 aliphatic rings. The zero-order valence-corrected chi connectivity index (χ0v) is 7.59. The SMILES string of the molecule is O=C(O)c1ncn(CC2CCCO2)n1. The average molecular weight is 197 g/mol. The van der Waals surface area contributed by atoms with Gasteiger partial charge in [-0.1, -0.05) is 0 Å². The summed E-state index contributed by atoms with van der Waals surface area (Å²) in [6.07, 6.45) is 3.64. The van der Waals surface area contributed by atoms with Gasteiger partial charge in [-0.2, -0.15) is 0 Å². The quantitative estimate of drug-likeness (QED) is 0.746. The van der Waals surface area contributed by atoms with Gasteiger partial charge in [-0.15, -0.1) is 5.10 Å². The van der Waals surface area contributed by atoms with Crippen molar-refractivity contribution in [3.8, 4) is 0 Å². The van der Waals surface area contributed by atoms with Crippen LogP contribution in [0.1, 0.15) is 23.5 Å². The fourth-order valence-corrected chi connectivity index (χ4v) is 1.48. The first-order valence-corrected chi connectivity index (χ1v) is 4.50. The molecule has 0 aromatic carbocycles. The van der Waals surface area contributed by atoms with Crippen LogP contribution in [0.15, 0.2) is 6.33 Å². The Labute approximate surface area is 80.5 Å². The van der Waals surface area contributed by atoms with Gasteiger partial charge in [-0.3, -0.25) is 0 Å². The van der Waals surface area contributed by atoms with Crippen LogP contribution in [0.4, 0.5) is 0 Å². The lowest BCUT2D eigenvalue weighted by Crippen LogP contribution is -2.15. The summed E-state index contributed by atoms with van der Waals surface area (Å²) in [4.78, 5) is 14.1.